The lowest BCUT2D eigenvalue weighted by Crippen LogP contribution is -2.47. The molecule has 0 spiro atoms. The second kappa shape index (κ2) is 5.08. The first-order valence-corrected chi connectivity index (χ1v) is 7.58. The molecular formula is C16H22BNO4. The van der Waals surface area contributed by atoms with E-state index in [0.29, 0.717) is 6.61 Å². The topological polar surface area (TPSA) is 70.8 Å². The highest BCUT2D eigenvalue weighted by Crippen LogP contribution is 2.36. The highest BCUT2D eigenvalue weighted by molar-refractivity contribution is 6.62. The van der Waals surface area contributed by atoms with Crippen molar-refractivity contribution >= 4 is 18.5 Å². The van der Waals surface area contributed by atoms with Crippen LogP contribution in [0.2, 0.25) is 0 Å². The fourth-order valence-electron chi connectivity index (χ4n) is 2.72. The maximum Gasteiger partial charge on any atom is 0.494 e. The maximum absolute atomic E-state index is 11.2. The molecule has 0 aliphatic carbocycles. The van der Waals surface area contributed by atoms with Crippen LogP contribution in [0.3, 0.4) is 0 Å². The number of rotatable bonds is 3. The van der Waals surface area contributed by atoms with Crippen molar-refractivity contribution in [1.82, 2.24) is 0 Å². The molecule has 1 aromatic rings. The van der Waals surface area contributed by atoms with Crippen LogP contribution >= 0.6 is 0 Å². The Morgan fingerprint density at radius 1 is 1.14 bits per heavy atom. The lowest BCUT2D eigenvalue weighted by Gasteiger charge is -2.34. The number of nitrogens with two attached hydrogens (primary N) is 1. The van der Waals surface area contributed by atoms with E-state index in [4.69, 9.17) is 19.8 Å². The smallest absolute Gasteiger partial charge is 0.399 e. The van der Waals surface area contributed by atoms with Crippen molar-refractivity contribution in [2.24, 2.45) is 5.73 Å². The van der Waals surface area contributed by atoms with Gasteiger partial charge in [0.15, 0.2) is 0 Å². The number of primary amides is 1. The van der Waals surface area contributed by atoms with E-state index >= 15 is 0 Å². The Morgan fingerprint density at radius 3 is 2.09 bits per heavy atom. The van der Waals surface area contributed by atoms with Gasteiger partial charge in [0.2, 0.25) is 5.91 Å². The summed E-state index contributed by atoms with van der Waals surface area (Å²) in [5.41, 5.74) is 6.63. The minimum Gasteiger partial charge on any atom is -0.399 e. The van der Waals surface area contributed by atoms with Crippen molar-refractivity contribution in [1.29, 1.82) is 0 Å². The molecule has 3 rings (SSSR count). The molecule has 2 fully saturated rings. The molecule has 0 saturated carbocycles. The molecule has 2 unspecified atom stereocenters. The lowest BCUT2D eigenvalue weighted by atomic mass is 9.77. The SMILES string of the molecule is CC1(C)OB(c2ccc(C3COC3C(N)=O)cc2)OC1(C)C. The van der Waals surface area contributed by atoms with Crippen molar-refractivity contribution in [2.75, 3.05) is 6.61 Å². The summed E-state index contributed by atoms with van der Waals surface area (Å²) >= 11 is 0. The summed E-state index contributed by atoms with van der Waals surface area (Å²) in [5.74, 6) is -0.365. The molecule has 2 N–H and O–H groups in total. The van der Waals surface area contributed by atoms with Gasteiger partial charge in [0.25, 0.3) is 0 Å². The molecule has 5 nitrogen and oxygen atoms in total. The zero-order valence-electron chi connectivity index (χ0n) is 13.5. The van der Waals surface area contributed by atoms with Crippen LogP contribution in [0.15, 0.2) is 24.3 Å². The van der Waals surface area contributed by atoms with E-state index in [0.717, 1.165) is 11.0 Å². The lowest BCUT2D eigenvalue weighted by molar-refractivity contribution is -0.146. The average molecular weight is 303 g/mol. The number of hydrogen-bond acceptors (Lipinski definition) is 4. The van der Waals surface area contributed by atoms with Crippen LogP contribution in [-0.2, 0) is 18.8 Å². The van der Waals surface area contributed by atoms with Crippen LogP contribution in [0.4, 0.5) is 0 Å². The van der Waals surface area contributed by atoms with Gasteiger partial charge in [0.1, 0.15) is 6.10 Å². The Bertz CT molecular complexity index is 568. The summed E-state index contributed by atoms with van der Waals surface area (Å²) < 4.78 is 17.3. The predicted octanol–water partition coefficient (Wildman–Crippen LogP) is 0.954. The first-order chi connectivity index (χ1) is 10.2. The van der Waals surface area contributed by atoms with Crippen LogP contribution < -0.4 is 11.2 Å². The third-order valence-corrected chi connectivity index (χ3v) is 4.99. The highest BCUT2D eigenvalue weighted by atomic mass is 16.7. The van der Waals surface area contributed by atoms with Crippen molar-refractivity contribution in [3.8, 4) is 0 Å². The van der Waals surface area contributed by atoms with Gasteiger partial charge in [-0.1, -0.05) is 24.3 Å². The van der Waals surface area contributed by atoms with E-state index in [9.17, 15) is 4.79 Å². The normalized spacial score (nSPS) is 29.2. The van der Waals surface area contributed by atoms with E-state index < -0.39 is 12.0 Å². The summed E-state index contributed by atoms with van der Waals surface area (Å²) in [6, 6.07) is 7.94. The Labute approximate surface area is 131 Å². The summed E-state index contributed by atoms with van der Waals surface area (Å²) in [4.78, 5) is 11.2. The first-order valence-electron chi connectivity index (χ1n) is 7.58. The van der Waals surface area contributed by atoms with Gasteiger partial charge in [-0.3, -0.25) is 4.79 Å². The zero-order chi connectivity index (χ0) is 16.1. The van der Waals surface area contributed by atoms with Gasteiger partial charge in [0.05, 0.1) is 17.8 Å². The van der Waals surface area contributed by atoms with Gasteiger partial charge in [-0.25, -0.2) is 0 Å². The molecule has 118 valence electrons. The quantitative estimate of drug-likeness (QED) is 0.844. The molecule has 2 aliphatic rings. The van der Waals surface area contributed by atoms with Crippen LogP contribution in [-0.4, -0.2) is 36.9 Å². The third-order valence-electron chi connectivity index (χ3n) is 4.99. The van der Waals surface area contributed by atoms with Crippen LogP contribution in [0.5, 0.6) is 0 Å². The zero-order valence-corrected chi connectivity index (χ0v) is 13.5. The Balaban J connectivity index is 1.75. The molecule has 2 saturated heterocycles. The first kappa shape index (κ1) is 15.5. The molecular weight excluding hydrogens is 281 g/mol. The number of carbonyl (C=O) groups is 1. The number of hydrogen-bond donors (Lipinski definition) is 1. The van der Waals surface area contributed by atoms with E-state index in [-0.39, 0.29) is 24.2 Å². The van der Waals surface area contributed by atoms with E-state index in [2.05, 4.69) is 0 Å². The fraction of sp³-hybridized carbons (Fsp3) is 0.562. The highest BCUT2D eigenvalue weighted by Gasteiger charge is 2.51. The van der Waals surface area contributed by atoms with E-state index in [1.54, 1.807) is 0 Å². The Morgan fingerprint density at radius 2 is 1.68 bits per heavy atom. The Kier molecular flexibility index (Phi) is 3.59. The molecule has 2 atom stereocenters. The summed E-state index contributed by atoms with van der Waals surface area (Å²) in [7, 11) is -0.372. The summed E-state index contributed by atoms with van der Waals surface area (Å²) in [5, 5.41) is 0. The summed E-state index contributed by atoms with van der Waals surface area (Å²) in [6.07, 6.45) is -0.511. The third kappa shape index (κ3) is 2.45. The average Bonchev–Trinajstić information content (AvgIpc) is 2.57. The molecule has 0 radical (unpaired) electrons. The monoisotopic (exact) mass is 303 g/mol. The fourth-order valence-corrected chi connectivity index (χ4v) is 2.72. The minimum atomic E-state index is -0.511. The predicted molar refractivity (Wildman–Crippen MR) is 83.8 cm³/mol. The number of carbonyl (C=O) groups excluding carboxylic acids is 1. The van der Waals surface area contributed by atoms with Crippen molar-refractivity contribution in [3.05, 3.63) is 29.8 Å². The standard InChI is InChI=1S/C16H22BNO4/c1-15(2)16(3,4)22-17(21-15)11-7-5-10(6-8-11)12-9-20-13(12)14(18)19/h5-8,12-13H,9H2,1-4H3,(H2,18,19). The van der Waals surface area contributed by atoms with Crippen LogP contribution in [0.25, 0.3) is 0 Å². The number of amides is 1. The second-order valence-electron chi connectivity index (χ2n) is 7.02. The molecule has 0 aromatic heterocycles. The van der Waals surface area contributed by atoms with Gasteiger partial charge in [0, 0.05) is 5.92 Å². The number of ether oxygens (including phenoxy) is 1. The molecule has 2 heterocycles. The van der Waals surface area contributed by atoms with Gasteiger partial charge in [-0.05, 0) is 38.7 Å². The minimum absolute atomic E-state index is 0.0462. The Hall–Kier alpha value is -1.37. The van der Waals surface area contributed by atoms with Gasteiger partial charge in [-0.2, -0.15) is 0 Å². The van der Waals surface area contributed by atoms with Gasteiger partial charge >= 0.3 is 7.12 Å². The maximum atomic E-state index is 11.2. The number of benzene rings is 1. The molecule has 1 amide bonds. The van der Waals surface area contributed by atoms with Crippen LogP contribution in [0, 0.1) is 0 Å². The van der Waals surface area contributed by atoms with E-state index in [1.165, 1.54) is 0 Å². The molecule has 1 aromatic carbocycles. The van der Waals surface area contributed by atoms with Crippen LogP contribution in [0.1, 0.15) is 39.2 Å². The molecule has 0 bridgehead atoms. The van der Waals surface area contributed by atoms with Crippen molar-refractivity contribution < 1.29 is 18.8 Å². The largest absolute Gasteiger partial charge is 0.494 e. The van der Waals surface area contributed by atoms with Crippen molar-refractivity contribution in [3.63, 3.8) is 0 Å². The molecule has 2 aliphatic heterocycles. The van der Waals surface area contributed by atoms with Crippen molar-refractivity contribution in [2.45, 2.75) is 50.9 Å². The second-order valence-corrected chi connectivity index (χ2v) is 7.02. The van der Waals surface area contributed by atoms with E-state index in [1.807, 2.05) is 52.0 Å². The molecule has 6 heteroatoms. The van der Waals surface area contributed by atoms with Gasteiger partial charge < -0.3 is 19.8 Å². The summed E-state index contributed by atoms with van der Waals surface area (Å²) in [6.45, 7) is 8.66. The molecule has 22 heavy (non-hydrogen) atoms. The van der Waals surface area contributed by atoms with Gasteiger partial charge in [-0.15, -0.1) is 0 Å².